The zero-order valence-corrected chi connectivity index (χ0v) is 15.6. The number of carbonyl (C=O) groups is 1. The van der Waals surface area contributed by atoms with Crippen molar-refractivity contribution in [2.75, 3.05) is 21.3 Å². The molecule has 0 aliphatic heterocycles. The molecule has 2 aromatic carbocycles. The summed E-state index contributed by atoms with van der Waals surface area (Å²) in [4.78, 5) is 26.2. The van der Waals surface area contributed by atoms with Crippen LogP contribution in [0.3, 0.4) is 0 Å². The van der Waals surface area contributed by atoms with Crippen LogP contribution in [0, 0.1) is 0 Å². The van der Waals surface area contributed by atoms with Gasteiger partial charge in [0.1, 0.15) is 0 Å². The van der Waals surface area contributed by atoms with Crippen LogP contribution in [0.4, 0.5) is 0 Å². The van der Waals surface area contributed by atoms with Gasteiger partial charge in [-0.15, -0.1) is 0 Å². The summed E-state index contributed by atoms with van der Waals surface area (Å²) < 4.78 is 17.4. The Morgan fingerprint density at radius 1 is 1.11 bits per heavy atom. The second-order valence-electron chi connectivity index (χ2n) is 6.14. The molecule has 3 rings (SSSR count). The largest absolute Gasteiger partial charge is 0.493 e. The van der Waals surface area contributed by atoms with E-state index >= 15 is 0 Å². The molecule has 0 saturated carbocycles. The fourth-order valence-electron chi connectivity index (χ4n) is 3.05. The number of aromatic nitrogens is 1. The molecule has 0 atom stereocenters. The maximum absolute atomic E-state index is 12.6. The first-order valence-corrected chi connectivity index (χ1v) is 8.57. The summed E-state index contributed by atoms with van der Waals surface area (Å²) in [6.45, 7) is 0.633. The summed E-state index contributed by atoms with van der Waals surface area (Å²) in [6.07, 6.45) is 0.187. The van der Waals surface area contributed by atoms with Crippen molar-refractivity contribution in [3.63, 3.8) is 0 Å². The SMILES string of the molecule is COc1cccc(CN(C)C(=O)CCn2c(=O)oc3ccccc32)c1OC. The number of para-hydroxylation sites is 3. The molecule has 0 saturated heterocycles. The Hall–Kier alpha value is -3.22. The molecule has 7 nitrogen and oxygen atoms in total. The lowest BCUT2D eigenvalue weighted by Gasteiger charge is -2.20. The quantitative estimate of drug-likeness (QED) is 0.639. The summed E-state index contributed by atoms with van der Waals surface area (Å²) in [5, 5.41) is 0. The third kappa shape index (κ3) is 3.81. The number of fused-ring (bicyclic) bond motifs is 1. The van der Waals surface area contributed by atoms with E-state index < -0.39 is 5.76 Å². The molecule has 0 N–H and O–H groups in total. The second kappa shape index (κ2) is 7.99. The van der Waals surface area contributed by atoms with E-state index in [1.54, 1.807) is 50.4 Å². The van der Waals surface area contributed by atoms with Gasteiger partial charge in [-0.25, -0.2) is 4.79 Å². The lowest BCUT2D eigenvalue weighted by Crippen LogP contribution is -2.28. The maximum Gasteiger partial charge on any atom is 0.419 e. The Morgan fingerprint density at radius 2 is 1.89 bits per heavy atom. The minimum Gasteiger partial charge on any atom is -0.493 e. The highest BCUT2D eigenvalue weighted by Gasteiger charge is 2.16. The highest BCUT2D eigenvalue weighted by Crippen LogP contribution is 2.31. The van der Waals surface area contributed by atoms with E-state index in [9.17, 15) is 9.59 Å². The Balaban J connectivity index is 1.70. The molecule has 142 valence electrons. The topological polar surface area (TPSA) is 73.9 Å². The zero-order valence-electron chi connectivity index (χ0n) is 15.6. The van der Waals surface area contributed by atoms with Crippen molar-refractivity contribution in [2.45, 2.75) is 19.5 Å². The summed E-state index contributed by atoms with van der Waals surface area (Å²) in [6, 6.07) is 12.7. The molecular weight excluding hydrogens is 348 g/mol. The number of aryl methyl sites for hydroxylation is 1. The Labute approximate surface area is 156 Å². The van der Waals surface area contributed by atoms with Crippen LogP contribution in [0.2, 0.25) is 0 Å². The maximum atomic E-state index is 12.6. The van der Waals surface area contributed by atoms with Crippen molar-refractivity contribution in [3.05, 3.63) is 58.6 Å². The summed E-state index contributed by atoms with van der Waals surface area (Å²) in [7, 11) is 4.86. The van der Waals surface area contributed by atoms with E-state index in [1.807, 2.05) is 18.2 Å². The van der Waals surface area contributed by atoms with E-state index in [0.717, 1.165) is 5.56 Å². The molecule has 27 heavy (non-hydrogen) atoms. The molecule has 1 heterocycles. The Morgan fingerprint density at radius 3 is 2.63 bits per heavy atom. The van der Waals surface area contributed by atoms with E-state index in [2.05, 4.69) is 0 Å². The molecule has 0 fully saturated rings. The van der Waals surface area contributed by atoms with Crippen molar-refractivity contribution < 1.29 is 18.7 Å². The first kappa shape index (κ1) is 18.6. The normalized spacial score (nSPS) is 10.8. The van der Waals surface area contributed by atoms with Gasteiger partial charge in [-0.2, -0.15) is 0 Å². The molecule has 3 aromatic rings. The van der Waals surface area contributed by atoms with Gasteiger partial charge in [0.25, 0.3) is 0 Å². The first-order chi connectivity index (χ1) is 13.0. The van der Waals surface area contributed by atoms with Crippen LogP contribution in [0.25, 0.3) is 11.1 Å². The predicted molar refractivity (Wildman–Crippen MR) is 101 cm³/mol. The van der Waals surface area contributed by atoms with Crippen molar-refractivity contribution in [2.24, 2.45) is 0 Å². The average Bonchev–Trinajstić information content (AvgIpc) is 3.00. The zero-order chi connectivity index (χ0) is 19.4. The van der Waals surface area contributed by atoms with Gasteiger partial charge in [0.2, 0.25) is 5.91 Å². The van der Waals surface area contributed by atoms with Gasteiger partial charge in [0.05, 0.1) is 19.7 Å². The number of hydrogen-bond acceptors (Lipinski definition) is 5. The van der Waals surface area contributed by atoms with Gasteiger partial charge >= 0.3 is 5.76 Å². The monoisotopic (exact) mass is 370 g/mol. The fraction of sp³-hybridized carbons (Fsp3) is 0.300. The van der Waals surface area contributed by atoms with Crippen molar-refractivity contribution in [1.82, 2.24) is 9.47 Å². The highest BCUT2D eigenvalue weighted by molar-refractivity contribution is 5.77. The van der Waals surface area contributed by atoms with Crippen LogP contribution in [0.5, 0.6) is 11.5 Å². The lowest BCUT2D eigenvalue weighted by atomic mass is 10.1. The highest BCUT2D eigenvalue weighted by atomic mass is 16.5. The van der Waals surface area contributed by atoms with Crippen LogP contribution < -0.4 is 15.2 Å². The second-order valence-corrected chi connectivity index (χ2v) is 6.14. The third-order valence-corrected chi connectivity index (χ3v) is 4.44. The molecule has 1 amide bonds. The van der Waals surface area contributed by atoms with E-state index in [4.69, 9.17) is 13.9 Å². The first-order valence-electron chi connectivity index (χ1n) is 8.57. The fourth-order valence-corrected chi connectivity index (χ4v) is 3.05. The molecule has 7 heteroatoms. The van der Waals surface area contributed by atoms with Gasteiger partial charge in [0, 0.05) is 32.1 Å². The number of rotatable bonds is 7. The molecule has 0 unspecified atom stereocenters. The minimum absolute atomic E-state index is 0.0861. The van der Waals surface area contributed by atoms with Crippen LogP contribution in [-0.2, 0) is 17.9 Å². The van der Waals surface area contributed by atoms with Gasteiger partial charge < -0.3 is 18.8 Å². The van der Waals surface area contributed by atoms with Crippen molar-refractivity contribution in [3.8, 4) is 11.5 Å². The van der Waals surface area contributed by atoms with Gasteiger partial charge in [-0.3, -0.25) is 9.36 Å². The minimum atomic E-state index is -0.457. The van der Waals surface area contributed by atoms with Gasteiger partial charge in [-0.1, -0.05) is 24.3 Å². The summed E-state index contributed by atoms with van der Waals surface area (Å²) in [5.74, 6) is 0.683. The van der Waals surface area contributed by atoms with E-state index in [-0.39, 0.29) is 18.9 Å². The molecule has 0 radical (unpaired) electrons. The number of hydrogen-bond donors (Lipinski definition) is 0. The molecule has 0 aliphatic rings. The number of oxazole rings is 1. The number of benzene rings is 2. The predicted octanol–water partition coefficient (Wildman–Crippen LogP) is 2.66. The Kier molecular flexibility index (Phi) is 5.49. The van der Waals surface area contributed by atoms with E-state index in [1.165, 1.54) is 4.57 Å². The van der Waals surface area contributed by atoms with E-state index in [0.29, 0.717) is 29.1 Å². The number of nitrogens with zero attached hydrogens (tertiary/aromatic N) is 2. The van der Waals surface area contributed by atoms with Crippen LogP contribution >= 0.6 is 0 Å². The Bertz CT molecular complexity index is 1010. The van der Waals surface area contributed by atoms with Gasteiger partial charge in [-0.05, 0) is 18.2 Å². The molecule has 1 aromatic heterocycles. The smallest absolute Gasteiger partial charge is 0.419 e. The molecule has 0 spiro atoms. The number of amides is 1. The van der Waals surface area contributed by atoms with Crippen LogP contribution in [0.15, 0.2) is 51.7 Å². The standard InChI is InChI=1S/C20H22N2O5/c1-21(13-14-7-6-10-17(25-2)19(14)26-3)18(23)11-12-22-15-8-4-5-9-16(15)27-20(22)24/h4-10H,11-13H2,1-3H3. The van der Waals surface area contributed by atoms with Gasteiger partial charge in [0.15, 0.2) is 17.1 Å². The molecule has 0 aliphatic carbocycles. The average molecular weight is 370 g/mol. The summed E-state index contributed by atoms with van der Waals surface area (Å²) in [5.41, 5.74) is 2.05. The lowest BCUT2D eigenvalue weighted by molar-refractivity contribution is -0.130. The number of methoxy groups -OCH3 is 2. The number of ether oxygens (including phenoxy) is 2. The van der Waals surface area contributed by atoms with Crippen molar-refractivity contribution in [1.29, 1.82) is 0 Å². The van der Waals surface area contributed by atoms with Crippen molar-refractivity contribution >= 4 is 17.0 Å². The van der Waals surface area contributed by atoms with Crippen LogP contribution in [0.1, 0.15) is 12.0 Å². The summed E-state index contributed by atoms with van der Waals surface area (Å²) >= 11 is 0. The molecule has 0 bridgehead atoms. The molecular formula is C20H22N2O5. The number of carbonyl (C=O) groups excluding carboxylic acids is 1. The third-order valence-electron chi connectivity index (χ3n) is 4.44. The van der Waals surface area contributed by atoms with Crippen LogP contribution in [-0.4, -0.2) is 36.6 Å².